The molecule has 2 aliphatic carbocycles. The first-order chi connectivity index (χ1) is 25.2. The number of benzene rings is 1. The molecule has 1 aromatic carbocycles. The Hall–Kier alpha value is -4.33. The second-order valence-corrected chi connectivity index (χ2v) is 16.7. The molecule has 1 N–H and O–H groups in total. The van der Waals surface area contributed by atoms with Crippen LogP contribution in [0.4, 0.5) is 0 Å². The molecule has 1 aromatic rings. The molecule has 2 aliphatic rings. The Bertz CT molecular complexity index is 1790. The first-order valence-corrected chi connectivity index (χ1v) is 19.4. The lowest BCUT2D eigenvalue weighted by atomic mass is 9.38. The van der Waals surface area contributed by atoms with Gasteiger partial charge in [0.1, 0.15) is 16.7 Å². The molecule has 2 fully saturated rings. The van der Waals surface area contributed by atoms with Gasteiger partial charge in [0.2, 0.25) is 0 Å². The minimum absolute atomic E-state index is 0.0149. The number of aliphatic hydroxyl groups excluding tert-OH is 1. The van der Waals surface area contributed by atoms with Crippen LogP contribution in [-0.2, 0) is 24.0 Å². The highest BCUT2D eigenvalue weighted by Crippen LogP contribution is 2.66. The number of fused-ring (bicyclic) bond motifs is 2. The average molecular weight is 743 g/mol. The van der Waals surface area contributed by atoms with E-state index in [1.807, 2.05) is 82.2 Å². The van der Waals surface area contributed by atoms with Gasteiger partial charge in [-0.05, 0) is 129 Å². The standard InChI is InChI=1S/C46H62O8/c1-13-15-37(47)53-35-22-20-32(25-36(35)54-38(48)16-14-2)40(49)39-41(50)45(26-33(31(9)10)19-17-28(3)4)27-34(21-18-29(5)6)44(11,12)46(42(39)51,43(45)52)24-23-30(7)8/h17-18,20,22-23,25,33-34,49H,9,13-16,19,21,24,26-27H2,1-8,10-12H3. The molecule has 4 atom stereocenters. The molecule has 0 spiro atoms. The number of allylic oxidation sites excluding steroid dienone is 8. The van der Waals surface area contributed by atoms with Crippen LogP contribution in [-0.4, -0.2) is 34.4 Å². The van der Waals surface area contributed by atoms with E-state index in [0.717, 1.165) is 22.3 Å². The molecule has 0 saturated heterocycles. The predicted octanol–water partition coefficient (Wildman–Crippen LogP) is 10.8. The van der Waals surface area contributed by atoms with Crippen LogP contribution in [0.2, 0.25) is 0 Å². The molecule has 54 heavy (non-hydrogen) atoms. The van der Waals surface area contributed by atoms with E-state index in [1.54, 1.807) is 0 Å². The summed E-state index contributed by atoms with van der Waals surface area (Å²) in [6.45, 7) is 25.5. The van der Waals surface area contributed by atoms with Gasteiger partial charge in [0.25, 0.3) is 0 Å². The van der Waals surface area contributed by atoms with Crippen molar-refractivity contribution in [3.05, 3.63) is 76.4 Å². The Morgan fingerprint density at radius 1 is 0.852 bits per heavy atom. The van der Waals surface area contributed by atoms with E-state index < -0.39 is 56.9 Å². The summed E-state index contributed by atoms with van der Waals surface area (Å²) in [6.07, 6.45) is 8.89. The second-order valence-electron chi connectivity index (χ2n) is 16.7. The molecule has 0 aromatic heterocycles. The van der Waals surface area contributed by atoms with Gasteiger partial charge in [-0.25, -0.2) is 0 Å². The van der Waals surface area contributed by atoms with Crippen LogP contribution in [0.15, 0.2) is 70.9 Å². The summed E-state index contributed by atoms with van der Waals surface area (Å²) in [4.78, 5) is 71.3. The van der Waals surface area contributed by atoms with Crippen molar-refractivity contribution in [3.63, 3.8) is 0 Å². The number of hydrogen-bond acceptors (Lipinski definition) is 8. The van der Waals surface area contributed by atoms with Crippen molar-refractivity contribution >= 4 is 35.0 Å². The summed E-state index contributed by atoms with van der Waals surface area (Å²) in [5, 5.41) is 12.2. The number of aliphatic hydroxyl groups is 1. The summed E-state index contributed by atoms with van der Waals surface area (Å²) in [5.41, 5.74) is -0.728. The number of esters is 2. The molecule has 0 aliphatic heterocycles. The van der Waals surface area contributed by atoms with Crippen molar-refractivity contribution in [2.45, 2.75) is 134 Å². The number of Topliss-reactive ketones (excluding diaryl/α,β-unsaturated/α-hetero) is 3. The summed E-state index contributed by atoms with van der Waals surface area (Å²) in [6, 6.07) is 4.11. The summed E-state index contributed by atoms with van der Waals surface area (Å²) in [5.74, 6) is -4.17. The van der Waals surface area contributed by atoms with E-state index >= 15 is 14.4 Å². The third kappa shape index (κ3) is 8.96. The number of hydrogen-bond donors (Lipinski definition) is 1. The fourth-order valence-electron chi connectivity index (χ4n) is 7.99. The van der Waals surface area contributed by atoms with E-state index in [9.17, 15) is 14.7 Å². The SMILES string of the molecule is C=C(C)C(CC=C(C)C)CC12CC(CC=C(C)C)C(C)(C)C(CC=C(C)C)(C(=O)C(=C(O)c3ccc(OC(=O)CCC)c(OC(=O)CCC)c3)C1=O)C2=O. The maximum atomic E-state index is 15.5. The molecule has 294 valence electrons. The lowest BCUT2D eigenvalue weighted by Gasteiger charge is -2.60. The minimum atomic E-state index is -1.68. The maximum Gasteiger partial charge on any atom is 0.311 e. The van der Waals surface area contributed by atoms with Gasteiger partial charge in [-0.15, -0.1) is 0 Å². The predicted molar refractivity (Wildman–Crippen MR) is 214 cm³/mol. The Balaban J connectivity index is 2.46. The van der Waals surface area contributed by atoms with Crippen LogP contribution in [0.3, 0.4) is 0 Å². The van der Waals surface area contributed by atoms with Crippen LogP contribution in [0.1, 0.15) is 140 Å². The Kier molecular flexibility index (Phi) is 14.6. The normalized spacial score (nSPS) is 23.2. The highest BCUT2D eigenvalue weighted by atomic mass is 16.6. The van der Waals surface area contributed by atoms with Crippen molar-refractivity contribution in [2.24, 2.45) is 28.1 Å². The zero-order chi connectivity index (χ0) is 40.8. The topological polar surface area (TPSA) is 124 Å². The molecular formula is C46H62O8. The van der Waals surface area contributed by atoms with Crippen LogP contribution in [0.25, 0.3) is 5.76 Å². The van der Waals surface area contributed by atoms with Crippen molar-refractivity contribution < 1.29 is 38.6 Å². The third-order valence-corrected chi connectivity index (χ3v) is 11.4. The average Bonchev–Trinajstić information content (AvgIpc) is 3.07. The molecule has 8 nitrogen and oxygen atoms in total. The summed E-state index contributed by atoms with van der Waals surface area (Å²) < 4.78 is 11.1. The number of ketones is 3. The number of carbonyl (C=O) groups is 5. The van der Waals surface area contributed by atoms with E-state index in [1.165, 1.54) is 18.2 Å². The van der Waals surface area contributed by atoms with E-state index in [2.05, 4.69) is 18.7 Å². The Labute approximate surface area is 322 Å². The van der Waals surface area contributed by atoms with Crippen LogP contribution in [0, 0.1) is 28.1 Å². The minimum Gasteiger partial charge on any atom is -0.506 e. The van der Waals surface area contributed by atoms with Gasteiger partial charge in [-0.2, -0.15) is 0 Å². The van der Waals surface area contributed by atoms with Gasteiger partial charge in [-0.1, -0.05) is 74.8 Å². The van der Waals surface area contributed by atoms with Crippen LogP contribution >= 0.6 is 0 Å². The van der Waals surface area contributed by atoms with Crippen LogP contribution < -0.4 is 9.47 Å². The molecule has 0 amide bonds. The summed E-state index contributed by atoms with van der Waals surface area (Å²) >= 11 is 0. The number of rotatable bonds is 16. The number of carbonyl (C=O) groups excluding carboxylic acids is 5. The Morgan fingerprint density at radius 3 is 1.93 bits per heavy atom. The first kappa shape index (κ1) is 44.1. The third-order valence-electron chi connectivity index (χ3n) is 11.4. The first-order valence-electron chi connectivity index (χ1n) is 19.4. The Morgan fingerprint density at radius 2 is 1.41 bits per heavy atom. The molecular weight excluding hydrogens is 680 g/mol. The van der Waals surface area contributed by atoms with E-state index in [-0.39, 0.29) is 61.0 Å². The molecule has 2 bridgehead atoms. The second kappa shape index (κ2) is 17.9. The van der Waals surface area contributed by atoms with Crippen molar-refractivity contribution in [1.29, 1.82) is 0 Å². The smallest absolute Gasteiger partial charge is 0.311 e. The van der Waals surface area contributed by atoms with E-state index in [0.29, 0.717) is 25.7 Å². The quantitative estimate of drug-likeness (QED) is 0.0338. The molecule has 8 heteroatoms. The zero-order valence-corrected chi connectivity index (χ0v) is 34.5. The molecule has 4 unspecified atom stereocenters. The van der Waals surface area contributed by atoms with Crippen LogP contribution in [0.5, 0.6) is 11.5 Å². The van der Waals surface area contributed by atoms with Gasteiger partial charge < -0.3 is 14.6 Å². The molecule has 0 radical (unpaired) electrons. The highest BCUT2D eigenvalue weighted by molar-refractivity contribution is 6.41. The van der Waals surface area contributed by atoms with Gasteiger partial charge in [-0.3, -0.25) is 24.0 Å². The molecule has 2 saturated carbocycles. The van der Waals surface area contributed by atoms with Crippen molar-refractivity contribution in [3.8, 4) is 11.5 Å². The maximum absolute atomic E-state index is 15.5. The molecule has 0 heterocycles. The van der Waals surface area contributed by atoms with Crippen molar-refractivity contribution in [2.75, 3.05) is 0 Å². The van der Waals surface area contributed by atoms with Gasteiger partial charge in [0.15, 0.2) is 28.8 Å². The monoisotopic (exact) mass is 742 g/mol. The highest BCUT2D eigenvalue weighted by Gasteiger charge is 2.74. The fourth-order valence-corrected chi connectivity index (χ4v) is 7.99. The summed E-state index contributed by atoms with van der Waals surface area (Å²) in [7, 11) is 0. The fraction of sp³-hybridized carbons (Fsp3) is 0.543. The molecule has 3 rings (SSSR count). The van der Waals surface area contributed by atoms with Gasteiger partial charge in [0, 0.05) is 18.4 Å². The lowest BCUT2D eigenvalue weighted by Crippen LogP contribution is -2.69. The zero-order valence-electron chi connectivity index (χ0n) is 34.5. The largest absolute Gasteiger partial charge is 0.506 e. The lowest BCUT2D eigenvalue weighted by molar-refractivity contribution is -0.177. The van der Waals surface area contributed by atoms with Crippen molar-refractivity contribution in [1.82, 2.24) is 0 Å². The van der Waals surface area contributed by atoms with Gasteiger partial charge >= 0.3 is 11.9 Å². The number of ether oxygens (including phenoxy) is 2. The van der Waals surface area contributed by atoms with E-state index in [4.69, 9.17) is 9.47 Å². The van der Waals surface area contributed by atoms with Gasteiger partial charge in [0.05, 0.1) is 5.41 Å².